The third-order valence-corrected chi connectivity index (χ3v) is 5.28. The van der Waals surface area contributed by atoms with Gasteiger partial charge in [-0.2, -0.15) is 5.10 Å². The molecule has 8 heteroatoms. The predicted molar refractivity (Wildman–Crippen MR) is 123 cm³/mol. The molecule has 8 nitrogen and oxygen atoms in total. The molecular formula is C24H25N5O3. The number of fused-ring (bicyclic) bond motifs is 1. The van der Waals surface area contributed by atoms with Gasteiger partial charge in [-0.1, -0.05) is 11.6 Å². The van der Waals surface area contributed by atoms with E-state index in [1.54, 1.807) is 31.2 Å². The molecule has 32 heavy (non-hydrogen) atoms. The number of hydrogen-bond donors (Lipinski definition) is 3. The van der Waals surface area contributed by atoms with E-state index >= 15 is 0 Å². The van der Waals surface area contributed by atoms with Gasteiger partial charge in [0.1, 0.15) is 11.4 Å². The van der Waals surface area contributed by atoms with Crippen LogP contribution in [-0.4, -0.2) is 39.8 Å². The minimum atomic E-state index is -0.516. The third-order valence-electron chi connectivity index (χ3n) is 5.28. The summed E-state index contributed by atoms with van der Waals surface area (Å²) in [6.07, 6.45) is 4.10. The Bertz CT molecular complexity index is 1270. The van der Waals surface area contributed by atoms with Gasteiger partial charge in [0, 0.05) is 29.2 Å². The minimum absolute atomic E-state index is 0.159. The number of H-pyrrole nitrogens is 1. The molecule has 164 valence electrons. The highest BCUT2D eigenvalue weighted by molar-refractivity contribution is 5.95. The van der Waals surface area contributed by atoms with E-state index in [1.165, 1.54) is 27.4 Å². The number of hydrogen-bond acceptors (Lipinski definition) is 5. The van der Waals surface area contributed by atoms with E-state index in [-0.39, 0.29) is 23.9 Å². The van der Waals surface area contributed by atoms with Crippen molar-refractivity contribution in [3.05, 3.63) is 77.1 Å². The highest BCUT2D eigenvalue weighted by Gasteiger charge is 2.17. The zero-order valence-corrected chi connectivity index (χ0v) is 18.0. The van der Waals surface area contributed by atoms with Gasteiger partial charge in [-0.25, -0.2) is 9.48 Å². The second-order valence-corrected chi connectivity index (χ2v) is 7.49. The molecule has 0 atom stereocenters. The average molecular weight is 431 g/mol. The number of ether oxygens (including phenoxy) is 1. The smallest absolute Gasteiger partial charge is 0.343 e. The van der Waals surface area contributed by atoms with Gasteiger partial charge in [-0.3, -0.25) is 4.79 Å². The summed E-state index contributed by atoms with van der Waals surface area (Å²) in [5.41, 5.74) is 10.9. The van der Waals surface area contributed by atoms with E-state index < -0.39 is 5.97 Å². The standard InChI is InChI=1S/C24H25N5O3/c1-3-32-24(31)20-14-28-29(22(20)25)18-7-5-16(6-8-18)23(30)26-11-10-17-13-27-21-9-4-15(2)12-19(17)21/h4-9,12-14,27H,3,10-11,25H2,1-2H3,(H,26,30). The highest BCUT2D eigenvalue weighted by Crippen LogP contribution is 2.20. The number of rotatable bonds is 7. The number of anilines is 1. The molecule has 0 aliphatic heterocycles. The van der Waals surface area contributed by atoms with Crippen molar-refractivity contribution in [3.63, 3.8) is 0 Å². The van der Waals surface area contributed by atoms with Crippen LogP contribution in [-0.2, 0) is 11.2 Å². The molecule has 4 aromatic rings. The lowest BCUT2D eigenvalue weighted by molar-refractivity contribution is 0.0527. The molecule has 4 N–H and O–H groups in total. The molecule has 0 aliphatic carbocycles. The molecule has 4 rings (SSSR count). The highest BCUT2D eigenvalue weighted by atomic mass is 16.5. The van der Waals surface area contributed by atoms with Crippen LogP contribution < -0.4 is 11.1 Å². The molecule has 1 amide bonds. The number of nitrogens with two attached hydrogens (primary N) is 1. The first-order chi connectivity index (χ1) is 15.5. The maximum atomic E-state index is 12.5. The normalized spacial score (nSPS) is 10.9. The lowest BCUT2D eigenvalue weighted by atomic mass is 10.1. The van der Waals surface area contributed by atoms with Crippen LogP contribution in [0.25, 0.3) is 16.6 Å². The summed E-state index contributed by atoms with van der Waals surface area (Å²) >= 11 is 0. The summed E-state index contributed by atoms with van der Waals surface area (Å²) in [7, 11) is 0. The number of aryl methyl sites for hydroxylation is 1. The molecule has 0 aliphatic rings. The Morgan fingerprint density at radius 2 is 1.97 bits per heavy atom. The van der Waals surface area contributed by atoms with E-state index in [1.807, 2.05) is 6.20 Å². The van der Waals surface area contributed by atoms with Crippen LogP contribution in [0.1, 0.15) is 38.8 Å². The Morgan fingerprint density at radius 1 is 1.19 bits per heavy atom. The Morgan fingerprint density at radius 3 is 2.72 bits per heavy atom. The van der Waals surface area contributed by atoms with Gasteiger partial charge in [0.2, 0.25) is 0 Å². The fourth-order valence-corrected chi connectivity index (χ4v) is 3.60. The van der Waals surface area contributed by atoms with Gasteiger partial charge >= 0.3 is 5.97 Å². The Balaban J connectivity index is 1.39. The molecule has 0 saturated carbocycles. The molecule has 0 radical (unpaired) electrons. The summed E-state index contributed by atoms with van der Waals surface area (Å²) in [6.45, 7) is 4.57. The molecule has 2 aromatic heterocycles. The number of esters is 1. The molecule has 0 unspecified atom stereocenters. The van der Waals surface area contributed by atoms with Crippen LogP contribution >= 0.6 is 0 Å². The number of carbonyl (C=O) groups is 2. The van der Waals surface area contributed by atoms with Crippen molar-refractivity contribution >= 4 is 28.6 Å². The van der Waals surface area contributed by atoms with E-state index in [4.69, 9.17) is 10.5 Å². The number of carbonyl (C=O) groups excluding carboxylic acids is 2. The average Bonchev–Trinajstić information content (AvgIpc) is 3.37. The fraction of sp³-hybridized carbons (Fsp3) is 0.208. The van der Waals surface area contributed by atoms with Crippen molar-refractivity contribution in [2.45, 2.75) is 20.3 Å². The van der Waals surface area contributed by atoms with Gasteiger partial charge in [0.05, 0.1) is 18.5 Å². The van der Waals surface area contributed by atoms with Gasteiger partial charge in [-0.05, 0) is 62.2 Å². The van der Waals surface area contributed by atoms with Crippen molar-refractivity contribution in [1.82, 2.24) is 20.1 Å². The van der Waals surface area contributed by atoms with Crippen molar-refractivity contribution in [3.8, 4) is 5.69 Å². The van der Waals surface area contributed by atoms with Crippen LogP contribution in [0, 0.1) is 6.92 Å². The number of aromatic nitrogens is 3. The Kier molecular flexibility index (Phi) is 5.93. The van der Waals surface area contributed by atoms with E-state index in [0.29, 0.717) is 17.8 Å². The van der Waals surface area contributed by atoms with Gasteiger partial charge in [-0.15, -0.1) is 0 Å². The maximum Gasteiger partial charge on any atom is 0.343 e. The molecule has 0 spiro atoms. The lowest BCUT2D eigenvalue weighted by Gasteiger charge is -2.08. The second-order valence-electron chi connectivity index (χ2n) is 7.49. The van der Waals surface area contributed by atoms with Gasteiger partial charge < -0.3 is 20.8 Å². The summed E-state index contributed by atoms with van der Waals surface area (Å²) in [6, 6.07) is 13.1. The Hall–Kier alpha value is -4.07. The van der Waals surface area contributed by atoms with E-state index in [0.717, 1.165) is 11.9 Å². The maximum absolute atomic E-state index is 12.5. The molecular weight excluding hydrogens is 406 g/mol. The van der Waals surface area contributed by atoms with Crippen molar-refractivity contribution in [1.29, 1.82) is 0 Å². The summed E-state index contributed by atoms with van der Waals surface area (Å²) in [4.78, 5) is 27.7. The van der Waals surface area contributed by atoms with Crippen LogP contribution in [0.5, 0.6) is 0 Å². The molecule has 2 heterocycles. The third kappa shape index (κ3) is 4.20. The lowest BCUT2D eigenvalue weighted by Crippen LogP contribution is -2.25. The number of aromatic amines is 1. The minimum Gasteiger partial charge on any atom is -0.462 e. The quantitative estimate of drug-likeness (QED) is 0.388. The Labute approximate surface area is 185 Å². The zero-order chi connectivity index (χ0) is 22.7. The van der Waals surface area contributed by atoms with Gasteiger partial charge in [0.15, 0.2) is 0 Å². The number of nitrogen functional groups attached to an aromatic ring is 1. The number of benzene rings is 2. The van der Waals surface area contributed by atoms with Gasteiger partial charge in [0.25, 0.3) is 5.91 Å². The first-order valence-corrected chi connectivity index (χ1v) is 10.4. The van der Waals surface area contributed by atoms with E-state index in [2.05, 4.69) is 40.5 Å². The van der Waals surface area contributed by atoms with Crippen molar-refractivity contribution in [2.24, 2.45) is 0 Å². The fourth-order valence-electron chi connectivity index (χ4n) is 3.60. The largest absolute Gasteiger partial charge is 0.462 e. The van der Waals surface area contributed by atoms with Crippen LogP contribution in [0.2, 0.25) is 0 Å². The topological polar surface area (TPSA) is 115 Å². The van der Waals surface area contributed by atoms with Crippen molar-refractivity contribution < 1.29 is 14.3 Å². The van der Waals surface area contributed by atoms with Crippen LogP contribution in [0.15, 0.2) is 54.9 Å². The second kappa shape index (κ2) is 8.97. The SMILES string of the molecule is CCOC(=O)c1cnn(-c2ccc(C(=O)NCCc3c[nH]c4ccc(C)cc34)cc2)c1N. The zero-order valence-electron chi connectivity index (χ0n) is 18.0. The number of nitrogens with zero attached hydrogens (tertiary/aromatic N) is 2. The summed E-state index contributed by atoms with van der Waals surface area (Å²) in [5.74, 6) is -0.486. The monoisotopic (exact) mass is 431 g/mol. The molecule has 0 saturated heterocycles. The van der Waals surface area contributed by atoms with Crippen LogP contribution in [0.3, 0.4) is 0 Å². The predicted octanol–water partition coefficient (Wildman–Crippen LogP) is 3.39. The molecule has 2 aromatic carbocycles. The first-order valence-electron chi connectivity index (χ1n) is 10.4. The molecule has 0 fully saturated rings. The number of amides is 1. The van der Waals surface area contributed by atoms with E-state index in [9.17, 15) is 9.59 Å². The first kappa shape index (κ1) is 21.2. The molecule has 0 bridgehead atoms. The van der Waals surface area contributed by atoms with Crippen molar-refractivity contribution in [2.75, 3.05) is 18.9 Å². The summed E-state index contributed by atoms with van der Waals surface area (Å²) in [5, 5.41) is 8.30. The number of nitrogens with one attached hydrogen (secondary N) is 2. The summed E-state index contributed by atoms with van der Waals surface area (Å²) < 4.78 is 6.41. The van der Waals surface area contributed by atoms with Crippen LogP contribution in [0.4, 0.5) is 5.82 Å².